The molecule has 0 unspecified atom stereocenters. The summed E-state index contributed by atoms with van der Waals surface area (Å²) >= 11 is 0. The highest BCUT2D eigenvalue weighted by atomic mass is 32.2. The molecule has 1 N–H and O–H groups in total. The third-order valence-electron chi connectivity index (χ3n) is 5.86. The SMILES string of the molecule is O=C(NC[C@@H]1CCCO1)[C@H]1CN(S(=O)(=O)c2ccccc2)CCN1S(=O)(=O)c1ccccc1. The Morgan fingerprint density at radius 1 is 0.909 bits per heavy atom. The van der Waals surface area contributed by atoms with Gasteiger partial charge >= 0.3 is 0 Å². The second-order valence-electron chi connectivity index (χ2n) is 8.00. The minimum Gasteiger partial charge on any atom is -0.376 e. The Morgan fingerprint density at radius 3 is 2.09 bits per heavy atom. The van der Waals surface area contributed by atoms with E-state index in [1.165, 1.54) is 28.6 Å². The molecule has 11 heteroatoms. The molecule has 0 spiro atoms. The third kappa shape index (κ3) is 5.12. The van der Waals surface area contributed by atoms with Gasteiger partial charge in [-0.05, 0) is 37.1 Å². The van der Waals surface area contributed by atoms with Gasteiger partial charge in [0.25, 0.3) is 0 Å². The van der Waals surface area contributed by atoms with E-state index in [2.05, 4.69) is 5.32 Å². The van der Waals surface area contributed by atoms with Crippen LogP contribution in [0.4, 0.5) is 0 Å². The molecule has 2 heterocycles. The van der Waals surface area contributed by atoms with Crippen LogP contribution in [0.25, 0.3) is 0 Å². The molecule has 4 rings (SSSR count). The topological polar surface area (TPSA) is 113 Å². The van der Waals surface area contributed by atoms with E-state index in [0.29, 0.717) is 6.61 Å². The van der Waals surface area contributed by atoms with Crippen LogP contribution in [0.15, 0.2) is 70.5 Å². The molecule has 2 atom stereocenters. The molecular weight excluding hydrogens is 466 g/mol. The van der Waals surface area contributed by atoms with E-state index in [0.717, 1.165) is 17.1 Å². The second-order valence-corrected chi connectivity index (χ2v) is 11.8. The van der Waals surface area contributed by atoms with Gasteiger partial charge in [-0.25, -0.2) is 16.8 Å². The normalized spacial score (nSPS) is 22.8. The third-order valence-corrected chi connectivity index (χ3v) is 9.66. The van der Waals surface area contributed by atoms with Crippen LogP contribution in [-0.2, 0) is 29.6 Å². The zero-order valence-electron chi connectivity index (χ0n) is 18.0. The summed E-state index contributed by atoms with van der Waals surface area (Å²) in [6, 6.07) is 14.6. The van der Waals surface area contributed by atoms with Gasteiger partial charge in [0.2, 0.25) is 26.0 Å². The highest BCUT2D eigenvalue weighted by Crippen LogP contribution is 2.25. The van der Waals surface area contributed by atoms with Crippen molar-refractivity contribution >= 4 is 26.0 Å². The maximum Gasteiger partial charge on any atom is 0.243 e. The molecule has 1 amide bonds. The van der Waals surface area contributed by atoms with Crippen molar-refractivity contribution < 1.29 is 26.4 Å². The van der Waals surface area contributed by atoms with Crippen LogP contribution in [-0.4, -0.2) is 76.3 Å². The van der Waals surface area contributed by atoms with Gasteiger partial charge in [-0.15, -0.1) is 0 Å². The molecule has 9 nitrogen and oxygen atoms in total. The first-order valence-corrected chi connectivity index (χ1v) is 13.7. The Balaban J connectivity index is 1.61. The van der Waals surface area contributed by atoms with Crippen molar-refractivity contribution in [1.82, 2.24) is 13.9 Å². The van der Waals surface area contributed by atoms with Crippen molar-refractivity contribution in [2.24, 2.45) is 0 Å². The zero-order chi connectivity index (χ0) is 23.5. The molecule has 2 aliphatic heterocycles. The molecule has 0 aliphatic carbocycles. The molecule has 0 bridgehead atoms. The zero-order valence-corrected chi connectivity index (χ0v) is 19.7. The number of sulfonamides is 2. The van der Waals surface area contributed by atoms with Crippen LogP contribution in [0.1, 0.15) is 12.8 Å². The first-order valence-electron chi connectivity index (χ1n) is 10.8. The predicted octanol–water partition coefficient (Wildman–Crippen LogP) is 1.05. The fraction of sp³-hybridized carbons (Fsp3) is 0.409. The van der Waals surface area contributed by atoms with Crippen molar-refractivity contribution in [2.75, 3.05) is 32.8 Å². The van der Waals surface area contributed by atoms with Crippen molar-refractivity contribution in [1.29, 1.82) is 0 Å². The number of carbonyl (C=O) groups is 1. The minimum atomic E-state index is -4.01. The lowest BCUT2D eigenvalue weighted by molar-refractivity contribution is -0.126. The number of hydrogen-bond acceptors (Lipinski definition) is 6. The van der Waals surface area contributed by atoms with Crippen LogP contribution >= 0.6 is 0 Å². The maximum atomic E-state index is 13.3. The molecule has 0 saturated carbocycles. The highest BCUT2D eigenvalue weighted by molar-refractivity contribution is 7.89. The molecule has 0 aromatic heterocycles. The minimum absolute atomic E-state index is 0.0567. The van der Waals surface area contributed by atoms with Gasteiger partial charge in [-0.2, -0.15) is 8.61 Å². The average Bonchev–Trinajstić information content (AvgIpc) is 3.37. The van der Waals surface area contributed by atoms with E-state index in [4.69, 9.17) is 4.74 Å². The Hall–Kier alpha value is -2.31. The van der Waals surface area contributed by atoms with Gasteiger partial charge in [0, 0.05) is 32.8 Å². The molecule has 2 aromatic carbocycles. The van der Waals surface area contributed by atoms with Gasteiger partial charge in [0.05, 0.1) is 15.9 Å². The highest BCUT2D eigenvalue weighted by Gasteiger charge is 2.43. The quantitative estimate of drug-likeness (QED) is 0.617. The molecule has 178 valence electrons. The van der Waals surface area contributed by atoms with E-state index >= 15 is 0 Å². The van der Waals surface area contributed by atoms with E-state index in [9.17, 15) is 21.6 Å². The van der Waals surface area contributed by atoms with Crippen molar-refractivity contribution in [2.45, 2.75) is 34.8 Å². The number of ether oxygens (including phenoxy) is 1. The lowest BCUT2D eigenvalue weighted by Gasteiger charge is -2.39. The summed E-state index contributed by atoms with van der Waals surface area (Å²) in [5, 5.41) is 2.77. The predicted molar refractivity (Wildman–Crippen MR) is 121 cm³/mol. The van der Waals surface area contributed by atoms with Crippen molar-refractivity contribution in [3.8, 4) is 0 Å². The van der Waals surface area contributed by atoms with Crippen LogP contribution in [0.5, 0.6) is 0 Å². The molecule has 2 saturated heterocycles. The average molecular weight is 494 g/mol. The number of nitrogens with one attached hydrogen (secondary N) is 1. The monoisotopic (exact) mass is 493 g/mol. The molecule has 0 radical (unpaired) electrons. The molecule has 33 heavy (non-hydrogen) atoms. The molecule has 2 aliphatic rings. The van der Waals surface area contributed by atoms with E-state index in [1.54, 1.807) is 36.4 Å². The summed E-state index contributed by atoms with van der Waals surface area (Å²) in [6.07, 6.45) is 1.59. The fourth-order valence-electron chi connectivity index (χ4n) is 4.07. The molecule has 2 aromatic rings. The van der Waals surface area contributed by atoms with E-state index in [-0.39, 0.29) is 42.1 Å². The summed E-state index contributed by atoms with van der Waals surface area (Å²) < 4.78 is 60.8. The van der Waals surface area contributed by atoms with Gasteiger partial charge in [0.15, 0.2) is 0 Å². The van der Waals surface area contributed by atoms with Crippen molar-refractivity contribution in [3.63, 3.8) is 0 Å². The number of rotatable bonds is 7. The Morgan fingerprint density at radius 2 is 1.52 bits per heavy atom. The van der Waals surface area contributed by atoms with E-state index in [1.807, 2.05) is 0 Å². The summed E-state index contributed by atoms with van der Waals surface area (Å²) in [6.45, 7) is 0.405. The second kappa shape index (κ2) is 9.90. The summed E-state index contributed by atoms with van der Waals surface area (Å²) in [4.78, 5) is 13.3. The van der Waals surface area contributed by atoms with Gasteiger partial charge in [-0.1, -0.05) is 36.4 Å². The first-order chi connectivity index (χ1) is 15.8. The summed E-state index contributed by atoms with van der Waals surface area (Å²) in [7, 11) is -7.89. The van der Waals surface area contributed by atoms with Gasteiger partial charge in [-0.3, -0.25) is 4.79 Å². The fourth-order valence-corrected chi connectivity index (χ4v) is 7.12. The summed E-state index contributed by atoms with van der Waals surface area (Å²) in [5.74, 6) is -0.544. The van der Waals surface area contributed by atoms with Gasteiger partial charge in [0.1, 0.15) is 6.04 Å². The Bertz CT molecular complexity index is 1170. The largest absolute Gasteiger partial charge is 0.376 e. The lowest BCUT2D eigenvalue weighted by atomic mass is 10.2. The molecule has 2 fully saturated rings. The Labute approximate surface area is 194 Å². The molecular formula is C22H27N3O6S2. The number of amides is 1. The Kier molecular flexibility index (Phi) is 7.15. The van der Waals surface area contributed by atoms with Gasteiger partial charge < -0.3 is 10.1 Å². The number of nitrogens with zero attached hydrogens (tertiary/aromatic N) is 2. The number of carbonyl (C=O) groups excluding carboxylic acids is 1. The van der Waals surface area contributed by atoms with E-state index < -0.39 is 32.0 Å². The lowest BCUT2D eigenvalue weighted by Crippen LogP contribution is -2.61. The van der Waals surface area contributed by atoms with Crippen LogP contribution in [0.2, 0.25) is 0 Å². The van der Waals surface area contributed by atoms with Crippen LogP contribution in [0, 0.1) is 0 Å². The number of benzene rings is 2. The smallest absolute Gasteiger partial charge is 0.243 e. The first kappa shape index (κ1) is 23.8. The summed E-state index contributed by atoms with van der Waals surface area (Å²) in [5.41, 5.74) is 0. The van der Waals surface area contributed by atoms with Crippen LogP contribution < -0.4 is 5.32 Å². The number of hydrogen-bond donors (Lipinski definition) is 1. The number of piperazine rings is 1. The van der Waals surface area contributed by atoms with Crippen molar-refractivity contribution in [3.05, 3.63) is 60.7 Å². The standard InChI is InChI=1S/C22H27N3O6S2/c26-22(23-16-18-8-7-15-31-18)21-17-24(32(27,28)19-9-3-1-4-10-19)13-14-25(21)33(29,30)20-11-5-2-6-12-20/h1-6,9-12,18,21H,7-8,13-17H2,(H,23,26)/t18-,21+/m0/s1. The van der Waals surface area contributed by atoms with Crippen LogP contribution in [0.3, 0.4) is 0 Å². The maximum absolute atomic E-state index is 13.3.